The molecule has 2 atom stereocenters. The van der Waals surface area contributed by atoms with Gasteiger partial charge in [0.15, 0.2) is 0 Å². The van der Waals surface area contributed by atoms with E-state index in [1.165, 1.54) is 34.2 Å². The van der Waals surface area contributed by atoms with Crippen molar-refractivity contribution in [2.75, 3.05) is 32.0 Å². The van der Waals surface area contributed by atoms with Gasteiger partial charge in [0, 0.05) is 0 Å². The molecule has 1 saturated heterocycles. The summed E-state index contributed by atoms with van der Waals surface area (Å²) in [6, 6.07) is 1.04. The van der Waals surface area contributed by atoms with Crippen LogP contribution in [0.5, 0.6) is 0 Å². The van der Waals surface area contributed by atoms with Crippen LogP contribution in [0.15, 0.2) is 23.8 Å². The summed E-state index contributed by atoms with van der Waals surface area (Å²) in [5.74, 6) is 5.39. The van der Waals surface area contributed by atoms with Crippen molar-refractivity contribution in [1.82, 2.24) is 24.6 Å². The number of thiazole rings is 1. The molecule has 0 radical (unpaired) electrons. The number of nitrogens with zero attached hydrogens (tertiary/aromatic N) is 4. The van der Waals surface area contributed by atoms with Crippen molar-refractivity contribution in [1.29, 1.82) is 0 Å². The summed E-state index contributed by atoms with van der Waals surface area (Å²) >= 11 is -0.536. The van der Waals surface area contributed by atoms with Crippen LogP contribution in [0, 0.1) is 18.8 Å². The van der Waals surface area contributed by atoms with Gasteiger partial charge < -0.3 is 0 Å². The third-order valence-corrected chi connectivity index (χ3v) is 7.88. The van der Waals surface area contributed by atoms with Crippen molar-refractivity contribution in [2.45, 2.75) is 30.6 Å². The quantitative estimate of drug-likeness (QED) is 0.278. The first-order valence-corrected chi connectivity index (χ1v) is 13.2. The van der Waals surface area contributed by atoms with Crippen LogP contribution in [0.1, 0.15) is 27.5 Å². The monoisotopic (exact) mass is 574 g/mol. The van der Waals surface area contributed by atoms with Gasteiger partial charge in [0.25, 0.3) is 0 Å². The molecule has 35 heavy (non-hydrogen) atoms. The first kappa shape index (κ1) is 25.4. The van der Waals surface area contributed by atoms with E-state index in [1.54, 1.807) is 12.3 Å². The standard InChI is InChI=1S/C22H22F4N6OSSe/c1-13-29-17(12-34-13)20(33)28-6-3-4-14-10-18-19(30-16-5-8-31(2)11-15(16)23)27-7-9-32(18)21(14)35-22(24,25)26/h7,9-10,12,15-16H,5-6,8,11H2,1-2H3,(H,27,30)(H,28,33). The van der Waals surface area contributed by atoms with Gasteiger partial charge in [-0.3, -0.25) is 0 Å². The Kier molecular flexibility index (Phi) is 7.66. The van der Waals surface area contributed by atoms with Crippen LogP contribution < -0.4 is 15.2 Å². The van der Waals surface area contributed by atoms with Crippen LogP contribution in [0.2, 0.25) is 0 Å². The Labute approximate surface area is 209 Å². The van der Waals surface area contributed by atoms with Crippen molar-refractivity contribution >= 4 is 48.1 Å². The maximum absolute atomic E-state index is 14.5. The second kappa shape index (κ2) is 10.5. The van der Waals surface area contributed by atoms with Gasteiger partial charge in [0.2, 0.25) is 0 Å². The summed E-state index contributed by atoms with van der Waals surface area (Å²) in [5, 5.41) is 3.65. The number of piperidine rings is 1. The van der Waals surface area contributed by atoms with E-state index in [2.05, 4.69) is 32.4 Å². The van der Waals surface area contributed by atoms with Crippen LogP contribution in [-0.4, -0.2) is 84.1 Å². The summed E-state index contributed by atoms with van der Waals surface area (Å²) in [7, 11) is 1.84. The molecule has 1 amide bonds. The first-order chi connectivity index (χ1) is 16.6. The predicted molar refractivity (Wildman–Crippen MR) is 127 cm³/mol. The summed E-state index contributed by atoms with van der Waals surface area (Å²) < 4.78 is 56.1. The van der Waals surface area contributed by atoms with Crippen molar-refractivity contribution < 1.29 is 22.4 Å². The van der Waals surface area contributed by atoms with Crippen molar-refractivity contribution in [2.24, 2.45) is 0 Å². The molecule has 4 heterocycles. The van der Waals surface area contributed by atoms with Gasteiger partial charge in [-0.2, -0.15) is 0 Å². The number of aryl methyl sites for hydroxylation is 1. The van der Waals surface area contributed by atoms with Crippen molar-refractivity contribution in [3.05, 3.63) is 40.1 Å². The van der Waals surface area contributed by atoms with Gasteiger partial charge in [-0.15, -0.1) is 0 Å². The molecule has 3 aromatic heterocycles. The zero-order valence-electron chi connectivity index (χ0n) is 18.8. The molecule has 0 aromatic carbocycles. The second-order valence-corrected chi connectivity index (χ2v) is 11.3. The van der Waals surface area contributed by atoms with Gasteiger partial charge in [-0.25, -0.2) is 0 Å². The molecule has 2 unspecified atom stereocenters. The van der Waals surface area contributed by atoms with Crippen LogP contribution >= 0.6 is 11.3 Å². The number of carbonyl (C=O) groups excluding carboxylic acids is 1. The molecule has 2 N–H and O–H groups in total. The minimum atomic E-state index is -4.40. The molecule has 0 saturated carbocycles. The van der Waals surface area contributed by atoms with Crippen LogP contribution in [0.25, 0.3) is 5.52 Å². The molecule has 1 aliphatic heterocycles. The number of alkyl halides is 4. The normalized spacial score (nSPS) is 18.8. The number of amides is 1. The third kappa shape index (κ3) is 6.32. The first-order valence-electron chi connectivity index (χ1n) is 10.6. The van der Waals surface area contributed by atoms with Gasteiger partial charge >= 0.3 is 210 Å². The van der Waals surface area contributed by atoms with Crippen LogP contribution in [-0.2, 0) is 0 Å². The molecule has 0 aliphatic carbocycles. The second-order valence-electron chi connectivity index (χ2n) is 8.00. The fourth-order valence-corrected chi connectivity index (χ4v) is 5.76. The fourth-order valence-electron chi connectivity index (χ4n) is 3.71. The molecule has 13 heteroatoms. The average Bonchev–Trinajstić information content (AvgIpc) is 3.36. The van der Waals surface area contributed by atoms with E-state index < -0.39 is 38.2 Å². The van der Waals surface area contributed by atoms with Gasteiger partial charge in [-0.1, -0.05) is 0 Å². The predicted octanol–water partition coefficient (Wildman–Crippen LogP) is 2.18. The maximum atomic E-state index is 14.5. The fraction of sp³-hybridized carbons (Fsp3) is 0.409. The molecule has 4 rings (SSSR count). The van der Waals surface area contributed by atoms with Crippen LogP contribution in [0.4, 0.5) is 23.4 Å². The Morgan fingerprint density at radius 3 is 2.89 bits per heavy atom. The van der Waals surface area contributed by atoms with Crippen LogP contribution in [0.3, 0.4) is 0 Å². The molecule has 1 aliphatic rings. The number of likely N-dealkylation sites (tertiary alicyclic amines) is 1. The molecule has 3 aromatic rings. The van der Waals surface area contributed by atoms with E-state index in [0.717, 1.165) is 5.01 Å². The number of hydrogen-bond acceptors (Lipinski definition) is 6. The van der Waals surface area contributed by atoms with Crippen molar-refractivity contribution in [3.63, 3.8) is 0 Å². The number of aromatic nitrogens is 3. The van der Waals surface area contributed by atoms with E-state index in [0.29, 0.717) is 24.3 Å². The molecule has 0 bridgehead atoms. The molecule has 186 valence electrons. The number of anilines is 1. The van der Waals surface area contributed by atoms with Gasteiger partial charge in [0.05, 0.1) is 0 Å². The Hall–Kier alpha value is -2.65. The molecular formula is C22H22F4N6OSSe. The topological polar surface area (TPSA) is 74.6 Å². The van der Waals surface area contributed by atoms with E-state index in [-0.39, 0.29) is 28.9 Å². The number of hydrogen-bond donors (Lipinski definition) is 2. The molecular weight excluding hydrogens is 551 g/mol. The Morgan fingerprint density at radius 2 is 2.20 bits per heavy atom. The van der Waals surface area contributed by atoms with E-state index in [1.807, 2.05) is 11.9 Å². The average molecular weight is 573 g/mol. The Morgan fingerprint density at radius 1 is 1.40 bits per heavy atom. The van der Waals surface area contributed by atoms with E-state index >= 15 is 0 Å². The summed E-state index contributed by atoms with van der Waals surface area (Å²) in [6.07, 6.45) is 2.25. The van der Waals surface area contributed by atoms with Gasteiger partial charge in [-0.05, 0) is 0 Å². The number of fused-ring (bicyclic) bond motifs is 1. The number of halogens is 4. The van der Waals surface area contributed by atoms with Crippen molar-refractivity contribution in [3.8, 4) is 11.8 Å². The van der Waals surface area contributed by atoms with Gasteiger partial charge in [0.1, 0.15) is 0 Å². The third-order valence-electron chi connectivity index (χ3n) is 5.34. The number of rotatable bonds is 5. The zero-order chi connectivity index (χ0) is 25.2. The SMILES string of the molecule is Cc1nc(C(=O)NCC#Cc2cc3c(NC4CCN(C)CC4F)nccn3c2[Se]C(F)(F)F)cs1. The number of nitrogens with one attached hydrogen (secondary N) is 2. The summed E-state index contributed by atoms with van der Waals surface area (Å²) in [5.41, 5.74) is 0.857. The molecule has 1 fully saturated rings. The number of carbonyl (C=O) groups is 1. The zero-order valence-corrected chi connectivity index (χ0v) is 21.3. The van der Waals surface area contributed by atoms with E-state index in [4.69, 9.17) is 0 Å². The minimum absolute atomic E-state index is 0.0135. The molecule has 0 spiro atoms. The Bertz CT molecular complexity index is 1280. The summed E-state index contributed by atoms with van der Waals surface area (Å²) in [4.78, 5) is 22.3. The van der Waals surface area contributed by atoms with E-state index in [9.17, 15) is 22.4 Å². The molecule has 7 nitrogen and oxygen atoms in total. The Balaban J connectivity index is 1.59. The summed E-state index contributed by atoms with van der Waals surface area (Å²) in [6.45, 7) is 2.70.